The molecule has 1 N–H and O–H groups in total. The molecule has 5 nitrogen and oxygen atoms in total. The zero-order valence-corrected chi connectivity index (χ0v) is 16.0. The van der Waals surface area contributed by atoms with Crippen molar-refractivity contribution < 1.29 is 13.2 Å². The Labute approximate surface area is 152 Å². The van der Waals surface area contributed by atoms with Gasteiger partial charge in [0.05, 0.1) is 5.92 Å². The largest absolute Gasteiger partial charge is 0.326 e. The number of hydrogen-bond acceptors (Lipinski definition) is 4. The number of piperidine rings is 1. The van der Waals surface area contributed by atoms with Gasteiger partial charge in [-0.2, -0.15) is 4.31 Å². The molecule has 1 aliphatic heterocycles. The molecule has 0 saturated carbocycles. The highest BCUT2D eigenvalue weighted by atomic mass is 32.2. The number of nitrogens with zero attached hydrogens (tertiary/aromatic N) is 1. The van der Waals surface area contributed by atoms with E-state index in [0.29, 0.717) is 23.6 Å². The van der Waals surface area contributed by atoms with Crippen LogP contribution in [-0.4, -0.2) is 31.7 Å². The van der Waals surface area contributed by atoms with Crippen LogP contribution in [0.25, 0.3) is 0 Å². The molecule has 2 aromatic rings. The van der Waals surface area contributed by atoms with E-state index in [-0.39, 0.29) is 18.4 Å². The molecule has 134 valence electrons. The van der Waals surface area contributed by atoms with Crippen molar-refractivity contribution in [3.05, 3.63) is 46.8 Å². The number of aryl methyl sites for hydroxylation is 2. The van der Waals surface area contributed by atoms with E-state index in [0.717, 1.165) is 16.1 Å². The third-order valence-corrected chi connectivity index (χ3v) is 7.72. The van der Waals surface area contributed by atoms with Gasteiger partial charge < -0.3 is 5.32 Å². The van der Waals surface area contributed by atoms with Crippen LogP contribution in [0.3, 0.4) is 0 Å². The van der Waals surface area contributed by atoms with E-state index >= 15 is 0 Å². The summed E-state index contributed by atoms with van der Waals surface area (Å²) in [6, 6.07) is 11.0. The Bertz CT molecular complexity index is 857. The summed E-state index contributed by atoms with van der Waals surface area (Å²) in [4.78, 5) is 13.5. The minimum absolute atomic E-state index is 0.119. The normalized spacial score (nSPS) is 18.9. The Hall–Kier alpha value is -1.70. The van der Waals surface area contributed by atoms with Crippen molar-refractivity contribution in [2.75, 3.05) is 18.4 Å². The molecular formula is C18H22N2O3S2. The maximum atomic E-state index is 12.8. The van der Waals surface area contributed by atoms with Gasteiger partial charge in [-0.3, -0.25) is 4.79 Å². The van der Waals surface area contributed by atoms with E-state index < -0.39 is 10.0 Å². The van der Waals surface area contributed by atoms with Crippen molar-refractivity contribution >= 4 is 33.0 Å². The standard InChI is InChI=1S/C18H22N2O3S2/c1-13-5-8-16(9-6-13)19-18(21)15-4-3-11-20(12-15)25(22,23)17-10-7-14(2)24-17/h5-10,15H,3-4,11-12H2,1-2H3,(H,19,21)/t15-/m0/s1. The maximum absolute atomic E-state index is 12.8. The monoisotopic (exact) mass is 378 g/mol. The van der Waals surface area contributed by atoms with E-state index in [2.05, 4.69) is 5.32 Å². The molecule has 0 radical (unpaired) electrons. The van der Waals surface area contributed by atoms with Gasteiger partial charge in [0.1, 0.15) is 4.21 Å². The zero-order chi connectivity index (χ0) is 18.0. The van der Waals surface area contributed by atoms with Crippen LogP contribution >= 0.6 is 11.3 Å². The Morgan fingerprint density at radius 2 is 1.88 bits per heavy atom. The van der Waals surface area contributed by atoms with Gasteiger partial charge in [-0.15, -0.1) is 11.3 Å². The minimum Gasteiger partial charge on any atom is -0.326 e. The second-order valence-corrected chi connectivity index (χ2v) is 9.88. The predicted octanol–water partition coefficient (Wildman–Crippen LogP) is 3.40. The fourth-order valence-electron chi connectivity index (χ4n) is 2.93. The van der Waals surface area contributed by atoms with Gasteiger partial charge in [0.2, 0.25) is 5.91 Å². The quantitative estimate of drug-likeness (QED) is 0.887. The third-order valence-electron chi connectivity index (χ3n) is 4.38. The maximum Gasteiger partial charge on any atom is 0.252 e. The second-order valence-electron chi connectivity index (χ2n) is 6.42. The number of thiophene rings is 1. The summed E-state index contributed by atoms with van der Waals surface area (Å²) in [5.41, 5.74) is 1.86. The average molecular weight is 379 g/mol. The average Bonchev–Trinajstić information content (AvgIpc) is 3.04. The lowest BCUT2D eigenvalue weighted by molar-refractivity contribution is -0.120. The van der Waals surface area contributed by atoms with Gasteiger partial charge in [0.15, 0.2) is 0 Å². The highest BCUT2D eigenvalue weighted by Gasteiger charge is 2.34. The molecular weight excluding hydrogens is 356 g/mol. The smallest absolute Gasteiger partial charge is 0.252 e. The van der Waals surface area contributed by atoms with Crippen LogP contribution in [0, 0.1) is 19.8 Å². The van der Waals surface area contributed by atoms with E-state index in [1.165, 1.54) is 15.6 Å². The Morgan fingerprint density at radius 1 is 1.16 bits per heavy atom. The summed E-state index contributed by atoms with van der Waals surface area (Å²) in [5.74, 6) is -0.447. The summed E-state index contributed by atoms with van der Waals surface area (Å²) in [5, 5.41) is 2.90. The summed E-state index contributed by atoms with van der Waals surface area (Å²) < 4.78 is 27.3. The van der Waals surface area contributed by atoms with E-state index in [9.17, 15) is 13.2 Å². The number of carbonyl (C=O) groups excluding carboxylic acids is 1. The van der Waals surface area contributed by atoms with Crippen molar-refractivity contribution in [2.45, 2.75) is 30.9 Å². The number of hydrogen-bond donors (Lipinski definition) is 1. The number of benzene rings is 1. The van der Waals surface area contributed by atoms with Crippen molar-refractivity contribution in [3.63, 3.8) is 0 Å². The fraction of sp³-hybridized carbons (Fsp3) is 0.389. The van der Waals surface area contributed by atoms with Crippen molar-refractivity contribution in [1.29, 1.82) is 0 Å². The van der Waals surface area contributed by atoms with Gasteiger partial charge in [-0.05, 0) is 51.0 Å². The molecule has 0 spiro atoms. The Balaban J connectivity index is 1.70. The molecule has 1 amide bonds. The first-order chi connectivity index (χ1) is 11.9. The lowest BCUT2D eigenvalue weighted by Gasteiger charge is -2.30. The van der Waals surface area contributed by atoms with Crippen molar-refractivity contribution in [1.82, 2.24) is 4.31 Å². The van der Waals surface area contributed by atoms with Crippen LogP contribution in [-0.2, 0) is 14.8 Å². The molecule has 7 heteroatoms. The number of sulfonamides is 1. The highest BCUT2D eigenvalue weighted by molar-refractivity contribution is 7.91. The first kappa shape index (κ1) is 18.1. The molecule has 1 aromatic heterocycles. The topological polar surface area (TPSA) is 66.5 Å². The predicted molar refractivity (Wildman–Crippen MR) is 100 cm³/mol. The van der Waals surface area contributed by atoms with Crippen LogP contribution in [0.5, 0.6) is 0 Å². The molecule has 1 aromatic carbocycles. The molecule has 1 fully saturated rings. The molecule has 25 heavy (non-hydrogen) atoms. The fourth-order valence-corrected chi connectivity index (χ4v) is 5.90. The van der Waals surface area contributed by atoms with E-state index in [1.807, 2.05) is 44.2 Å². The van der Waals surface area contributed by atoms with Crippen LogP contribution in [0.15, 0.2) is 40.6 Å². The first-order valence-electron chi connectivity index (χ1n) is 8.30. The van der Waals surface area contributed by atoms with Gasteiger partial charge in [0.25, 0.3) is 10.0 Å². The van der Waals surface area contributed by atoms with Gasteiger partial charge >= 0.3 is 0 Å². The van der Waals surface area contributed by atoms with Crippen LogP contribution in [0.2, 0.25) is 0 Å². The number of nitrogens with one attached hydrogen (secondary N) is 1. The molecule has 1 aliphatic rings. The zero-order valence-electron chi connectivity index (χ0n) is 14.4. The minimum atomic E-state index is -3.51. The Kier molecular flexibility index (Phi) is 5.27. The first-order valence-corrected chi connectivity index (χ1v) is 10.6. The lowest BCUT2D eigenvalue weighted by atomic mass is 9.98. The summed E-state index contributed by atoms with van der Waals surface area (Å²) in [6.07, 6.45) is 1.39. The molecule has 1 atom stereocenters. The van der Waals surface area contributed by atoms with Crippen molar-refractivity contribution in [3.8, 4) is 0 Å². The third kappa shape index (κ3) is 4.11. The molecule has 0 unspecified atom stereocenters. The number of amides is 1. The molecule has 3 rings (SSSR count). The van der Waals surface area contributed by atoms with E-state index in [1.54, 1.807) is 6.07 Å². The molecule has 0 aliphatic carbocycles. The van der Waals surface area contributed by atoms with Crippen LogP contribution in [0.4, 0.5) is 5.69 Å². The number of anilines is 1. The SMILES string of the molecule is Cc1ccc(NC(=O)[C@H]2CCCN(S(=O)(=O)c3ccc(C)s3)C2)cc1. The van der Waals surface area contributed by atoms with Gasteiger partial charge in [-0.25, -0.2) is 8.42 Å². The summed E-state index contributed by atoms with van der Waals surface area (Å²) >= 11 is 1.27. The van der Waals surface area contributed by atoms with Gasteiger partial charge in [-0.1, -0.05) is 17.7 Å². The summed E-state index contributed by atoms with van der Waals surface area (Å²) in [6.45, 7) is 4.57. The lowest BCUT2D eigenvalue weighted by Crippen LogP contribution is -2.43. The van der Waals surface area contributed by atoms with Crippen molar-refractivity contribution in [2.24, 2.45) is 5.92 Å². The Morgan fingerprint density at radius 3 is 2.52 bits per heavy atom. The second kappa shape index (κ2) is 7.27. The van der Waals surface area contributed by atoms with Crippen LogP contribution in [0.1, 0.15) is 23.3 Å². The highest BCUT2D eigenvalue weighted by Crippen LogP contribution is 2.28. The molecule has 0 bridgehead atoms. The van der Waals surface area contributed by atoms with Crippen LogP contribution < -0.4 is 5.32 Å². The molecule has 1 saturated heterocycles. The van der Waals surface area contributed by atoms with Gasteiger partial charge in [0, 0.05) is 23.7 Å². The number of carbonyl (C=O) groups is 1. The summed E-state index contributed by atoms with van der Waals surface area (Å²) in [7, 11) is -3.51. The number of rotatable bonds is 4. The molecule has 2 heterocycles. The van der Waals surface area contributed by atoms with E-state index in [4.69, 9.17) is 0 Å².